The molecule has 1 aliphatic carbocycles. The zero-order valence-electron chi connectivity index (χ0n) is 12.9. The first-order chi connectivity index (χ1) is 10.2. The van der Waals surface area contributed by atoms with Crippen LogP contribution in [-0.2, 0) is 0 Å². The van der Waals surface area contributed by atoms with Gasteiger partial charge >= 0.3 is 0 Å². The SMILES string of the molecule is CCC1CCN(c2sc(C(=O)C3CC3)c(N)c2SC)CC1. The molecule has 21 heavy (non-hydrogen) atoms. The van der Waals surface area contributed by atoms with Crippen molar-refractivity contribution in [2.45, 2.75) is 43.9 Å². The van der Waals surface area contributed by atoms with Gasteiger partial charge in [-0.1, -0.05) is 13.3 Å². The van der Waals surface area contributed by atoms with Crippen LogP contribution >= 0.6 is 23.1 Å². The van der Waals surface area contributed by atoms with Gasteiger partial charge in [-0.05, 0) is 37.9 Å². The van der Waals surface area contributed by atoms with E-state index in [4.69, 9.17) is 5.73 Å². The molecule has 2 aliphatic rings. The first-order valence-corrected chi connectivity index (χ1v) is 9.95. The Morgan fingerprint density at radius 2 is 2.00 bits per heavy atom. The maximum atomic E-state index is 12.4. The van der Waals surface area contributed by atoms with Gasteiger partial charge in [0.25, 0.3) is 0 Å². The normalized spacial score (nSPS) is 20.0. The van der Waals surface area contributed by atoms with Crippen molar-refractivity contribution >= 4 is 39.6 Å². The van der Waals surface area contributed by atoms with Crippen molar-refractivity contribution in [2.24, 2.45) is 11.8 Å². The molecule has 2 heterocycles. The number of nitrogens with zero attached hydrogens (tertiary/aromatic N) is 1. The van der Waals surface area contributed by atoms with Crippen LogP contribution in [0.4, 0.5) is 10.7 Å². The highest BCUT2D eigenvalue weighted by Gasteiger charge is 2.35. The minimum atomic E-state index is 0.249. The predicted octanol–water partition coefficient (Wildman–Crippen LogP) is 4.27. The van der Waals surface area contributed by atoms with E-state index in [1.165, 1.54) is 24.3 Å². The molecule has 0 unspecified atom stereocenters. The first-order valence-electron chi connectivity index (χ1n) is 7.91. The molecule has 1 aliphatic heterocycles. The third-order valence-electron chi connectivity index (χ3n) is 4.74. The van der Waals surface area contributed by atoms with Gasteiger partial charge in [-0.15, -0.1) is 23.1 Å². The fraction of sp³-hybridized carbons (Fsp3) is 0.688. The Hall–Kier alpha value is -0.680. The van der Waals surface area contributed by atoms with E-state index in [0.717, 1.165) is 47.3 Å². The number of carbonyl (C=O) groups is 1. The summed E-state index contributed by atoms with van der Waals surface area (Å²) in [4.78, 5) is 16.8. The number of hydrogen-bond acceptors (Lipinski definition) is 5. The summed E-state index contributed by atoms with van der Waals surface area (Å²) in [7, 11) is 0. The van der Waals surface area contributed by atoms with Crippen LogP contribution in [0.1, 0.15) is 48.7 Å². The molecule has 0 spiro atoms. The molecule has 0 radical (unpaired) electrons. The van der Waals surface area contributed by atoms with Crippen LogP contribution in [0.5, 0.6) is 0 Å². The standard InChI is InChI=1S/C16H24N2OS2/c1-3-10-6-8-18(9-7-10)16-15(20-2)12(17)14(21-16)13(19)11-4-5-11/h10-11H,3-9,17H2,1-2H3. The molecular weight excluding hydrogens is 300 g/mol. The second kappa shape index (κ2) is 6.21. The third-order valence-corrected chi connectivity index (χ3v) is 6.97. The van der Waals surface area contributed by atoms with E-state index in [9.17, 15) is 4.79 Å². The average molecular weight is 325 g/mol. The number of Topliss-reactive ketones (excluding diaryl/α,β-unsaturated/α-hetero) is 1. The average Bonchev–Trinajstić information content (AvgIpc) is 3.30. The van der Waals surface area contributed by atoms with Crippen molar-refractivity contribution in [3.63, 3.8) is 0 Å². The van der Waals surface area contributed by atoms with Gasteiger partial charge in [0.15, 0.2) is 5.78 Å². The van der Waals surface area contributed by atoms with Gasteiger partial charge in [0.2, 0.25) is 0 Å². The highest BCUT2D eigenvalue weighted by molar-refractivity contribution is 7.99. The van der Waals surface area contributed by atoms with E-state index in [2.05, 4.69) is 18.1 Å². The molecular formula is C16H24N2OS2. The van der Waals surface area contributed by atoms with Gasteiger partial charge in [0.1, 0.15) is 5.00 Å². The van der Waals surface area contributed by atoms with E-state index < -0.39 is 0 Å². The smallest absolute Gasteiger partial charge is 0.178 e. The molecule has 2 fully saturated rings. The Bertz CT molecular complexity index is 529. The quantitative estimate of drug-likeness (QED) is 0.649. The maximum Gasteiger partial charge on any atom is 0.178 e. The Balaban J connectivity index is 1.84. The number of rotatable bonds is 5. The van der Waals surface area contributed by atoms with Gasteiger partial charge in [-0.2, -0.15) is 0 Å². The molecule has 2 N–H and O–H groups in total. The summed E-state index contributed by atoms with van der Waals surface area (Å²) in [5.41, 5.74) is 7.02. The fourth-order valence-electron chi connectivity index (χ4n) is 3.08. The number of hydrogen-bond donors (Lipinski definition) is 1. The van der Waals surface area contributed by atoms with Crippen LogP contribution < -0.4 is 10.6 Å². The number of nitrogens with two attached hydrogens (primary N) is 1. The summed E-state index contributed by atoms with van der Waals surface area (Å²) in [5, 5.41) is 1.23. The third kappa shape index (κ3) is 2.95. The van der Waals surface area contributed by atoms with Gasteiger partial charge < -0.3 is 10.6 Å². The summed E-state index contributed by atoms with van der Waals surface area (Å²) in [6.45, 7) is 4.48. The molecule has 1 aromatic heterocycles. The van der Waals surface area contributed by atoms with E-state index in [1.54, 1.807) is 23.1 Å². The van der Waals surface area contributed by atoms with Gasteiger partial charge in [-0.25, -0.2) is 0 Å². The Morgan fingerprint density at radius 3 is 2.52 bits per heavy atom. The van der Waals surface area contributed by atoms with Gasteiger partial charge in [0.05, 0.1) is 15.5 Å². The zero-order chi connectivity index (χ0) is 15.0. The number of thioether (sulfide) groups is 1. The number of nitrogen functional groups attached to an aromatic ring is 1. The Morgan fingerprint density at radius 1 is 1.33 bits per heavy atom. The molecule has 0 atom stereocenters. The highest BCUT2D eigenvalue weighted by Crippen LogP contribution is 2.47. The topological polar surface area (TPSA) is 46.3 Å². The van der Waals surface area contributed by atoms with Crippen LogP contribution in [0.3, 0.4) is 0 Å². The molecule has 116 valence electrons. The van der Waals surface area contributed by atoms with Gasteiger partial charge in [0, 0.05) is 19.0 Å². The van der Waals surface area contributed by atoms with Crippen molar-refractivity contribution in [3.05, 3.63) is 4.88 Å². The molecule has 0 aromatic carbocycles. The number of piperidine rings is 1. The molecule has 1 saturated carbocycles. The molecule has 0 bridgehead atoms. The van der Waals surface area contributed by atoms with E-state index >= 15 is 0 Å². The van der Waals surface area contributed by atoms with Crippen LogP contribution in [0.15, 0.2) is 4.90 Å². The second-order valence-electron chi connectivity index (χ2n) is 6.16. The summed E-state index contributed by atoms with van der Waals surface area (Å²) in [6, 6.07) is 0. The van der Waals surface area contributed by atoms with Crippen molar-refractivity contribution in [1.82, 2.24) is 0 Å². The predicted molar refractivity (Wildman–Crippen MR) is 92.8 cm³/mol. The van der Waals surface area contributed by atoms with E-state index in [1.807, 2.05) is 0 Å². The minimum Gasteiger partial charge on any atom is -0.396 e. The lowest BCUT2D eigenvalue weighted by Crippen LogP contribution is -2.33. The largest absolute Gasteiger partial charge is 0.396 e. The molecule has 0 amide bonds. The van der Waals surface area contributed by atoms with Crippen molar-refractivity contribution in [3.8, 4) is 0 Å². The van der Waals surface area contributed by atoms with E-state index in [0.29, 0.717) is 0 Å². The summed E-state index contributed by atoms with van der Waals surface area (Å²) < 4.78 is 0. The number of carbonyl (C=O) groups excluding carboxylic acids is 1. The lowest BCUT2D eigenvalue weighted by Gasteiger charge is -2.32. The lowest BCUT2D eigenvalue weighted by molar-refractivity contribution is 0.0972. The van der Waals surface area contributed by atoms with Crippen molar-refractivity contribution in [1.29, 1.82) is 0 Å². The molecule has 5 heteroatoms. The van der Waals surface area contributed by atoms with Crippen LogP contribution in [-0.4, -0.2) is 25.1 Å². The second-order valence-corrected chi connectivity index (χ2v) is 7.98. The fourth-order valence-corrected chi connectivity index (χ4v) is 5.33. The monoisotopic (exact) mass is 324 g/mol. The van der Waals surface area contributed by atoms with E-state index in [-0.39, 0.29) is 11.7 Å². The highest BCUT2D eigenvalue weighted by atomic mass is 32.2. The van der Waals surface area contributed by atoms with Crippen LogP contribution in [0.2, 0.25) is 0 Å². The van der Waals surface area contributed by atoms with Crippen molar-refractivity contribution in [2.75, 3.05) is 30.0 Å². The molecule has 1 saturated heterocycles. The Labute approximate surface area is 135 Å². The van der Waals surface area contributed by atoms with Crippen LogP contribution in [0, 0.1) is 11.8 Å². The molecule has 3 nitrogen and oxygen atoms in total. The number of anilines is 2. The Kier molecular flexibility index (Phi) is 4.50. The summed E-state index contributed by atoms with van der Waals surface area (Å²) in [5.74, 6) is 1.39. The van der Waals surface area contributed by atoms with Crippen molar-refractivity contribution < 1.29 is 4.79 Å². The van der Waals surface area contributed by atoms with Crippen LogP contribution in [0.25, 0.3) is 0 Å². The number of ketones is 1. The summed E-state index contributed by atoms with van der Waals surface area (Å²) >= 11 is 3.32. The zero-order valence-corrected chi connectivity index (χ0v) is 14.5. The molecule has 1 aromatic rings. The first kappa shape index (κ1) is 15.2. The van der Waals surface area contributed by atoms with Gasteiger partial charge in [-0.3, -0.25) is 4.79 Å². The molecule has 3 rings (SSSR count). The summed E-state index contributed by atoms with van der Waals surface area (Å²) in [6.07, 6.45) is 7.94. The lowest BCUT2D eigenvalue weighted by atomic mass is 9.95. The maximum absolute atomic E-state index is 12.4. The number of thiophene rings is 1. The minimum absolute atomic E-state index is 0.249.